The molecule has 0 atom stereocenters. The monoisotopic (exact) mass is 339 g/mol. The second-order valence-corrected chi connectivity index (χ2v) is 5.58. The number of methoxy groups -OCH3 is 1. The number of nitrogens with zero attached hydrogens (tertiary/aromatic N) is 1. The summed E-state index contributed by atoms with van der Waals surface area (Å²) < 4.78 is 5.01. The molecule has 2 aromatic rings. The van der Waals surface area contributed by atoms with Crippen LogP contribution >= 0.6 is 23.2 Å². The van der Waals surface area contributed by atoms with Gasteiger partial charge in [0.25, 0.3) is 5.91 Å². The zero-order valence-electron chi connectivity index (χ0n) is 12.1. The number of para-hydroxylation sites is 1. The zero-order chi connectivity index (χ0) is 16.3. The van der Waals surface area contributed by atoms with Gasteiger partial charge in [0.1, 0.15) is 0 Å². The molecule has 0 radical (unpaired) electrons. The normalized spacial score (nSPS) is 10.4. The maximum Gasteiger partial charge on any atom is 0.257 e. The number of amides is 1. The fraction of sp³-hybridized carbons (Fsp3) is 0.188. The van der Waals surface area contributed by atoms with Crippen LogP contribution < -0.4 is 4.74 Å². The highest BCUT2D eigenvalue weighted by molar-refractivity contribution is 6.42. The lowest BCUT2D eigenvalue weighted by atomic mass is 10.1. The third-order valence-corrected chi connectivity index (χ3v) is 3.94. The van der Waals surface area contributed by atoms with Crippen molar-refractivity contribution in [3.8, 4) is 11.5 Å². The van der Waals surface area contributed by atoms with Gasteiger partial charge in [-0.15, -0.1) is 0 Å². The van der Waals surface area contributed by atoms with Gasteiger partial charge in [0.15, 0.2) is 11.5 Å². The third kappa shape index (κ3) is 3.46. The van der Waals surface area contributed by atoms with E-state index in [4.69, 9.17) is 27.9 Å². The number of aromatic hydroxyl groups is 1. The van der Waals surface area contributed by atoms with Crippen molar-refractivity contribution in [3.05, 3.63) is 57.6 Å². The first-order valence-corrected chi connectivity index (χ1v) is 7.25. The average Bonchev–Trinajstić information content (AvgIpc) is 2.50. The molecule has 1 N–H and O–H groups in total. The highest BCUT2D eigenvalue weighted by atomic mass is 35.5. The third-order valence-electron chi connectivity index (χ3n) is 3.20. The van der Waals surface area contributed by atoms with Crippen molar-refractivity contribution in [3.63, 3.8) is 0 Å². The van der Waals surface area contributed by atoms with Gasteiger partial charge in [0, 0.05) is 13.6 Å². The van der Waals surface area contributed by atoms with Gasteiger partial charge in [-0.05, 0) is 29.8 Å². The molecule has 0 bridgehead atoms. The number of rotatable bonds is 4. The molecule has 0 fully saturated rings. The molecule has 2 aromatic carbocycles. The fourth-order valence-electron chi connectivity index (χ4n) is 2.05. The van der Waals surface area contributed by atoms with Crippen molar-refractivity contribution in [1.29, 1.82) is 0 Å². The summed E-state index contributed by atoms with van der Waals surface area (Å²) in [6, 6.07) is 9.97. The second kappa shape index (κ2) is 6.90. The molecule has 116 valence electrons. The van der Waals surface area contributed by atoms with Crippen LogP contribution in [0, 0.1) is 0 Å². The van der Waals surface area contributed by atoms with Crippen molar-refractivity contribution in [2.45, 2.75) is 6.54 Å². The molecule has 0 aliphatic heterocycles. The number of hydrogen-bond acceptors (Lipinski definition) is 3. The van der Waals surface area contributed by atoms with Crippen LogP contribution in [0.2, 0.25) is 10.0 Å². The zero-order valence-corrected chi connectivity index (χ0v) is 13.6. The Hall–Kier alpha value is -1.91. The van der Waals surface area contributed by atoms with Gasteiger partial charge in [0.2, 0.25) is 0 Å². The Bertz CT molecular complexity index is 704. The van der Waals surface area contributed by atoms with Crippen LogP contribution in [0.4, 0.5) is 0 Å². The summed E-state index contributed by atoms with van der Waals surface area (Å²) in [5, 5.41) is 10.9. The molecule has 2 rings (SSSR count). The van der Waals surface area contributed by atoms with Crippen LogP contribution in [0.3, 0.4) is 0 Å². The van der Waals surface area contributed by atoms with Gasteiger partial charge in [0.05, 0.1) is 22.7 Å². The second-order valence-electron chi connectivity index (χ2n) is 4.77. The molecule has 1 amide bonds. The highest BCUT2D eigenvalue weighted by Gasteiger charge is 2.18. The average molecular weight is 340 g/mol. The van der Waals surface area contributed by atoms with Gasteiger partial charge in [-0.3, -0.25) is 4.79 Å². The van der Waals surface area contributed by atoms with Crippen LogP contribution in [0.1, 0.15) is 15.9 Å². The molecular formula is C16H15Cl2NO3. The van der Waals surface area contributed by atoms with E-state index in [0.717, 1.165) is 5.56 Å². The molecule has 0 saturated carbocycles. The number of benzene rings is 2. The van der Waals surface area contributed by atoms with E-state index >= 15 is 0 Å². The summed E-state index contributed by atoms with van der Waals surface area (Å²) in [6.45, 7) is 0.340. The van der Waals surface area contributed by atoms with Gasteiger partial charge in [-0.25, -0.2) is 0 Å². The molecule has 6 heteroatoms. The smallest absolute Gasteiger partial charge is 0.257 e. The minimum absolute atomic E-state index is 0.170. The maximum absolute atomic E-state index is 12.4. The minimum Gasteiger partial charge on any atom is -0.504 e. The van der Waals surface area contributed by atoms with Crippen molar-refractivity contribution < 1.29 is 14.6 Å². The van der Waals surface area contributed by atoms with Crippen molar-refractivity contribution in [1.82, 2.24) is 4.90 Å². The quantitative estimate of drug-likeness (QED) is 0.916. The summed E-state index contributed by atoms with van der Waals surface area (Å²) in [5.74, 6) is -0.229. The largest absolute Gasteiger partial charge is 0.504 e. The Morgan fingerprint density at radius 3 is 2.59 bits per heavy atom. The van der Waals surface area contributed by atoms with Crippen LogP contribution in [0.25, 0.3) is 0 Å². The SMILES string of the molecule is COc1cccc(C(=O)N(C)Cc2ccc(Cl)c(Cl)c2)c1O. The molecule has 0 saturated heterocycles. The van der Waals surface area contributed by atoms with E-state index in [1.807, 2.05) is 0 Å². The maximum atomic E-state index is 12.4. The topological polar surface area (TPSA) is 49.8 Å². The van der Waals surface area contributed by atoms with Crippen molar-refractivity contribution in [2.75, 3.05) is 14.2 Å². The minimum atomic E-state index is -0.317. The van der Waals surface area contributed by atoms with E-state index in [2.05, 4.69) is 0 Å². The molecular weight excluding hydrogens is 325 g/mol. The summed E-state index contributed by atoms with van der Waals surface area (Å²) in [5.41, 5.74) is 1.02. The summed E-state index contributed by atoms with van der Waals surface area (Å²) >= 11 is 11.8. The number of carbonyl (C=O) groups is 1. The van der Waals surface area contributed by atoms with Crippen molar-refractivity contribution in [2.24, 2.45) is 0 Å². The van der Waals surface area contributed by atoms with Crippen LogP contribution in [0.5, 0.6) is 11.5 Å². The summed E-state index contributed by atoms with van der Waals surface area (Å²) in [6.07, 6.45) is 0. The van der Waals surface area contributed by atoms with E-state index in [-0.39, 0.29) is 23.0 Å². The molecule has 0 unspecified atom stereocenters. The Labute approximate surface area is 138 Å². The van der Waals surface area contributed by atoms with Gasteiger partial charge >= 0.3 is 0 Å². The lowest BCUT2D eigenvalue weighted by Crippen LogP contribution is -2.26. The molecule has 0 aliphatic carbocycles. The van der Waals surface area contributed by atoms with Gasteiger partial charge in [-0.2, -0.15) is 0 Å². The first kappa shape index (κ1) is 16.5. The number of phenolic OH excluding ortho intramolecular Hbond substituents is 1. The number of ether oxygens (including phenoxy) is 1. The predicted molar refractivity (Wildman–Crippen MR) is 86.9 cm³/mol. The van der Waals surface area contributed by atoms with E-state index in [1.165, 1.54) is 12.0 Å². The summed E-state index contributed by atoms with van der Waals surface area (Å²) in [7, 11) is 3.08. The van der Waals surface area contributed by atoms with E-state index in [0.29, 0.717) is 16.6 Å². The van der Waals surface area contributed by atoms with Gasteiger partial charge < -0.3 is 14.7 Å². The molecule has 0 heterocycles. The Morgan fingerprint density at radius 2 is 1.95 bits per heavy atom. The molecule has 0 aliphatic rings. The van der Waals surface area contributed by atoms with Gasteiger partial charge in [-0.1, -0.05) is 35.3 Å². The lowest BCUT2D eigenvalue weighted by Gasteiger charge is -2.19. The molecule has 22 heavy (non-hydrogen) atoms. The lowest BCUT2D eigenvalue weighted by molar-refractivity contribution is 0.0781. The predicted octanol–water partition coefficient (Wildman–Crippen LogP) is 3.98. The van der Waals surface area contributed by atoms with Crippen LogP contribution in [-0.4, -0.2) is 30.1 Å². The highest BCUT2D eigenvalue weighted by Crippen LogP contribution is 2.30. The Morgan fingerprint density at radius 1 is 1.23 bits per heavy atom. The standard InChI is InChI=1S/C16H15Cl2NO3/c1-19(9-10-6-7-12(17)13(18)8-10)16(21)11-4-3-5-14(22-2)15(11)20/h3-8,20H,9H2,1-2H3. The number of halogens is 2. The number of carbonyl (C=O) groups excluding carboxylic acids is 1. The van der Waals surface area contributed by atoms with E-state index in [9.17, 15) is 9.90 Å². The Balaban J connectivity index is 2.20. The molecule has 0 aromatic heterocycles. The van der Waals surface area contributed by atoms with E-state index < -0.39 is 0 Å². The molecule has 0 spiro atoms. The Kier molecular flexibility index (Phi) is 5.16. The van der Waals surface area contributed by atoms with Crippen LogP contribution in [0.15, 0.2) is 36.4 Å². The first-order chi connectivity index (χ1) is 10.4. The van der Waals surface area contributed by atoms with E-state index in [1.54, 1.807) is 43.4 Å². The fourth-order valence-corrected chi connectivity index (χ4v) is 2.37. The number of phenols is 1. The van der Waals surface area contributed by atoms with Crippen molar-refractivity contribution >= 4 is 29.1 Å². The number of hydrogen-bond donors (Lipinski definition) is 1. The van der Waals surface area contributed by atoms with Crippen LogP contribution in [-0.2, 0) is 6.54 Å². The summed E-state index contributed by atoms with van der Waals surface area (Å²) in [4.78, 5) is 13.9. The molecule has 4 nitrogen and oxygen atoms in total. The first-order valence-electron chi connectivity index (χ1n) is 6.49.